The van der Waals surface area contributed by atoms with Crippen LogP contribution in [0.5, 0.6) is 5.75 Å². The van der Waals surface area contributed by atoms with E-state index in [0.717, 1.165) is 22.2 Å². The minimum Gasteiger partial charge on any atom is -0.471 e. The van der Waals surface area contributed by atoms with Gasteiger partial charge in [0.15, 0.2) is 6.73 Å². The average Bonchev–Trinajstić information content (AvgIpc) is 2.62. The quantitative estimate of drug-likeness (QED) is 0.632. The first-order valence-electron chi connectivity index (χ1n) is 7.98. The van der Waals surface area contributed by atoms with Crippen molar-refractivity contribution in [3.05, 3.63) is 68.8 Å². The van der Waals surface area contributed by atoms with E-state index in [-0.39, 0.29) is 12.5 Å². The summed E-state index contributed by atoms with van der Waals surface area (Å²) in [4.78, 5) is 13.9. The predicted octanol–water partition coefficient (Wildman–Crippen LogP) is 4.50. The van der Waals surface area contributed by atoms with Gasteiger partial charge in [-0.1, -0.05) is 18.5 Å². The number of benzene rings is 2. The fraction of sp³-hybridized carbons (Fsp3) is 0.211. The van der Waals surface area contributed by atoms with E-state index in [0.29, 0.717) is 29.3 Å². The molecule has 0 radical (unpaired) electrons. The topological polar surface area (TPSA) is 42.7 Å². The minimum atomic E-state index is -0.396. The Hall–Kier alpha value is -2.53. The fourth-order valence-corrected chi connectivity index (χ4v) is 3.44. The molecule has 0 N–H and O–H groups in total. The summed E-state index contributed by atoms with van der Waals surface area (Å²) in [6.07, 6.45) is 0.694. The minimum absolute atomic E-state index is 0.279. The van der Waals surface area contributed by atoms with Gasteiger partial charge >= 0.3 is 5.63 Å². The van der Waals surface area contributed by atoms with Crippen LogP contribution < -0.4 is 15.3 Å². The standard InChI is InChI=1S/C19H15ClFNO3/c1-2-11-7-17(23)25-18-14(11)8-16(20)19-15(18)9-22(10-24-19)13-5-3-12(21)4-6-13/h3-8H,2,9-10H2,1H3. The van der Waals surface area contributed by atoms with E-state index in [1.165, 1.54) is 18.2 Å². The van der Waals surface area contributed by atoms with Gasteiger partial charge in [0.2, 0.25) is 0 Å². The largest absolute Gasteiger partial charge is 0.471 e. The molecule has 1 aromatic heterocycles. The van der Waals surface area contributed by atoms with Crippen LogP contribution in [0.4, 0.5) is 10.1 Å². The maximum absolute atomic E-state index is 13.2. The van der Waals surface area contributed by atoms with Crippen LogP contribution in [0.15, 0.2) is 45.6 Å². The smallest absolute Gasteiger partial charge is 0.336 e. The Labute approximate surface area is 148 Å². The van der Waals surface area contributed by atoms with Crippen molar-refractivity contribution in [3.8, 4) is 5.75 Å². The first-order chi connectivity index (χ1) is 12.1. The van der Waals surface area contributed by atoms with Crippen LogP contribution in [-0.4, -0.2) is 6.73 Å². The second kappa shape index (κ2) is 6.08. The van der Waals surface area contributed by atoms with E-state index in [1.54, 1.807) is 18.2 Å². The number of anilines is 1. The number of hydrogen-bond donors (Lipinski definition) is 0. The maximum Gasteiger partial charge on any atom is 0.336 e. The van der Waals surface area contributed by atoms with Crippen molar-refractivity contribution in [1.82, 2.24) is 0 Å². The molecule has 0 saturated carbocycles. The van der Waals surface area contributed by atoms with Crippen LogP contribution in [0, 0.1) is 5.82 Å². The van der Waals surface area contributed by atoms with Crippen LogP contribution in [0.1, 0.15) is 18.1 Å². The molecule has 1 aliphatic rings. The SMILES string of the molecule is CCc1cc(=O)oc2c3c(c(Cl)cc12)OCN(c1ccc(F)cc1)C3. The van der Waals surface area contributed by atoms with Gasteiger partial charge in [-0.15, -0.1) is 0 Å². The molecule has 25 heavy (non-hydrogen) atoms. The summed E-state index contributed by atoms with van der Waals surface area (Å²) in [5.74, 6) is 0.234. The summed E-state index contributed by atoms with van der Waals surface area (Å²) in [7, 11) is 0. The maximum atomic E-state index is 13.2. The molecule has 0 spiro atoms. The average molecular weight is 360 g/mol. The Balaban J connectivity index is 1.87. The summed E-state index contributed by atoms with van der Waals surface area (Å²) < 4.78 is 24.5. The number of aryl methyl sites for hydroxylation is 1. The summed E-state index contributed by atoms with van der Waals surface area (Å²) in [5.41, 5.74) is 2.53. The van der Waals surface area contributed by atoms with Crippen molar-refractivity contribution in [2.24, 2.45) is 0 Å². The van der Waals surface area contributed by atoms with Crippen LogP contribution >= 0.6 is 11.6 Å². The zero-order valence-electron chi connectivity index (χ0n) is 13.5. The number of hydrogen-bond acceptors (Lipinski definition) is 4. The van der Waals surface area contributed by atoms with Gasteiger partial charge in [0, 0.05) is 17.1 Å². The molecule has 4 nitrogen and oxygen atoms in total. The molecule has 128 valence electrons. The molecular weight excluding hydrogens is 345 g/mol. The third kappa shape index (κ3) is 2.74. The normalized spacial score (nSPS) is 13.6. The lowest BCUT2D eigenvalue weighted by Gasteiger charge is -2.31. The number of halogens is 2. The third-order valence-electron chi connectivity index (χ3n) is 4.41. The van der Waals surface area contributed by atoms with E-state index < -0.39 is 5.63 Å². The van der Waals surface area contributed by atoms with Gasteiger partial charge in [0.1, 0.15) is 17.1 Å². The molecule has 0 bridgehead atoms. The van der Waals surface area contributed by atoms with Gasteiger partial charge in [-0.05, 0) is 42.3 Å². The monoisotopic (exact) mass is 359 g/mol. The Kier molecular flexibility index (Phi) is 3.88. The Morgan fingerprint density at radius 3 is 2.72 bits per heavy atom. The highest BCUT2D eigenvalue weighted by atomic mass is 35.5. The fourth-order valence-electron chi connectivity index (χ4n) is 3.16. The number of ether oxygens (including phenoxy) is 1. The zero-order valence-corrected chi connectivity index (χ0v) is 14.3. The molecule has 2 heterocycles. The van der Waals surface area contributed by atoms with E-state index in [1.807, 2.05) is 11.8 Å². The van der Waals surface area contributed by atoms with Crippen molar-refractivity contribution in [1.29, 1.82) is 0 Å². The van der Waals surface area contributed by atoms with Crippen LogP contribution in [-0.2, 0) is 13.0 Å². The molecule has 6 heteroatoms. The molecular formula is C19H15ClFNO3. The van der Waals surface area contributed by atoms with Crippen molar-refractivity contribution in [2.75, 3.05) is 11.6 Å². The summed E-state index contributed by atoms with van der Waals surface area (Å²) in [6, 6.07) is 9.44. The van der Waals surface area contributed by atoms with E-state index in [2.05, 4.69) is 0 Å². The summed E-state index contributed by atoms with van der Waals surface area (Å²) in [5, 5.41) is 1.31. The van der Waals surface area contributed by atoms with E-state index in [4.69, 9.17) is 20.8 Å². The van der Waals surface area contributed by atoms with Crippen LogP contribution in [0.3, 0.4) is 0 Å². The second-order valence-electron chi connectivity index (χ2n) is 5.93. The number of fused-ring (bicyclic) bond motifs is 3. The molecule has 2 aromatic carbocycles. The second-order valence-corrected chi connectivity index (χ2v) is 6.34. The lowest BCUT2D eigenvalue weighted by molar-refractivity contribution is 0.289. The van der Waals surface area contributed by atoms with Gasteiger partial charge in [-0.3, -0.25) is 0 Å². The molecule has 3 aromatic rings. The third-order valence-corrected chi connectivity index (χ3v) is 4.69. The Bertz CT molecular complexity index is 1010. The van der Waals surface area contributed by atoms with Crippen molar-refractivity contribution in [2.45, 2.75) is 19.9 Å². The molecule has 0 fully saturated rings. The predicted molar refractivity (Wildman–Crippen MR) is 95.0 cm³/mol. The highest BCUT2D eigenvalue weighted by Gasteiger charge is 2.25. The Morgan fingerprint density at radius 1 is 1.24 bits per heavy atom. The summed E-state index contributed by atoms with van der Waals surface area (Å²) in [6.45, 7) is 2.71. The van der Waals surface area contributed by atoms with Gasteiger partial charge < -0.3 is 14.1 Å². The molecule has 1 aliphatic heterocycles. The van der Waals surface area contributed by atoms with E-state index >= 15 is 0 Å². The van der Waals surface area contributed by atoms with Crippen molar-refractivity contribution in [3.63, 3.8) is 0 Å². The first kappa shape index (κ1) is 16.0. The number of nitrogens with zero attached hydrogens (tertiary/aromatic N) is 1. The van der Waals surface area contributed by atoms with Gasteiger partial charge in [0.05, 0.1) is 17.1 Å². The van der Waals surface area contributed by atoms with E-state index in [9.17, 15) is 9.18 Å². The molecule has 4 rings (SSSR count). The zero-order chi connectivity index (χ0) is 17.6. The van der Waals surface area contributed by atoms with Crippen LogP contribution in [0.2, 0.25) is 5.02 Å². The van der Waals surface area contributed by atoms with Gasteiger partial charge in [-0.25, -0.2) is 9.18 Å². The first-order valence-corrected chi connectivity index (χ1v) is 8.36. The highest BCUT2D eigenvalue weighted by Crippen LogP contribution is 2.40. The molecule has 0 unspecified atom stereocenters. The van der Waals surface area contributed by atoms with Crippen LogP contribution in [0.25, 0.3) is 11.0 Å². The molecule has 0 saturated heterocycles. The molecule has 0 aliphatic carbocycles. The molecule has 0 atom stereocenters. The van der Waals surface area contributed by atoms with Gasteiger partial charge in [0.25, 0.3) is 0 Å². The number of rotatable bonds is 2. The van der Waals surface area contributed by atoms with Crippen molar-refractivity contribution < 1.29 is 13.5 Å². The highest BCUT2D eigenvalue weighted by molar-refractivity contribution is 6.33. The Morgan fingerprint density at radius 2 is 2.00 bits per heavy atom. The lowest BCUT2D eigenvalue weighted by atomic mass is 10.0. The van der Waals surface area contributed by atoms with Crippen molar-refractivity contribution >= 4 is 28.3 Å². The lowest BCUT2D eigenvalue weighted by Crippen LogP contribution is -2.32. The summed E-state index contributed by atoms with van der Waals surface area (Å²) >= 11 is 6.39. The van der Waals surface area contributed by atoms with Gasteiger partial charge in [-0.2, -0.15) is 0 Å². The molecule has 0 amide bonds.